The van der Waals surface area contributed by atoms with Gasteiger partial charge in [0.1, 0.15) is 0 Å². The predicted molar refractivity (Wildman–Crippen MR) is 48.5 cm³/mol. The summed E-state index contributed by atoms with van der Waals surface area (Å²) in [5, 5.41) is 0. The van der Waals surface area contributed by atoms with Crippen molar-refractivity contribution in [2.75, 3.05) is 13.7 Å². The van der Waals surface area contributed by atoms with Crippen LogP contribution in [0.3, 0.4) is 0 Å². The molecule has 1 aliphatic heterocycles. The first-order valence-corrected chi connectivity index (χ1v) is 5.64. The summed E-state index contributed by atoms with van der Waals surface area (Å²) < 4.78 is 59.2. The van der Waals surface area contributed by atoms with Gasteiger partial charge in [-0.2, -0.15) is 0 Å². The average Bonchev–Trinajstić information content (AvgIpc) is 2.28. The van der Waals surface area contributed by atoms with Crippen molar-refractivity contribution in [1.82, 2.24) is 9.80 Å². The topological polar surface area (TPSA) is 6.48 Å². The summed E-state index contributed by atoms with van der Waals surface area (Å²) in [4.78, 5) is 4.10. The fourth-order valence-corrected chi connectivity index (χ4v) is 0.670. The van der Waals surface area contributed by atoms with Gasteiger partial charge in [0.25, 0.3) is 0 Å². The molecule has 15 heavy (non-hydrogen) atoms. The standard InChI is InChI=1S/C6H10N2.F6P/c1-3-8-5-4-7(2)6-8;1-7(2,3,4,5)6/h3-5H,1,6H2,2H3;/q;-1/p+1. The molecule has 0 radical (unpaired) electrons. The Kier molecular flexibility index (Phi) is 3.10. The van der Waals surface area contributed by atoms with Gasteiger partial charge in [0.2, 0.25) is 0 Å². The number of hydrogen-bond donors (Lipinski definition) is 0. The van der Waals surface area contributed by atoms with Gasteiger partial charge in [0.15, 0.2) is 0 Å². The SMILES string of the molecule is C=CN1C=CN(C)C1.F[P-](F)(F)(F)(F)F.[H+]. The monoisotopic (exact) mass is 256 g/mol. The zero-order valence-corrected chi connectivity index (χ0v) is 8.65. The molecule has 0 bridgehead atoms. The van der Waals surface area contributed by atoms with Crippen LogP contribution >= 0.6 is 7.81 Å². The fourth-order valence-electron chi connectivity index (χ4n) is 0.670. The molecule has 0 spiro atoms. The predicted octanol–water partition coefficient (Wildman–Crippen LogP) is 4.30. The Labute approximate surface area is 84.2 Å². The van der Waals surface area contributed by atoms with Crippen molar-refractivity contribution in [2.24, 2.45) is 0 Å². The molecular weight excluding hydrogens is 245 g/mol. The van der Waals surface area contributed by atoms with Crippen molar-refractivity contribution in [1.29, 1.82) is 0 Å². The third-order valence-electron chi connectivity index (χ3n) is 1.13. The number of hydrogen-bond acceptors (Lipinski definition) is 2. The van der Waals surface area contributed by atoms with E-state index in [0.29, 0.717) is 0 Å². The summed E-state index contributed by atoms with van der Waals surface area (Å²) in [7, 11) is -8.63. The minimum atomic E-state index is -10.7. The maximum Gasteiger partial charge on any atom is 1.00 e. The first kappa shape index (κ1) is 14.1. The van der Waals surface area contributed by atoms with Gasteiger partial charge in [-0.05, 0) is 6.20 Å². The first-order chi connectivity index (χ1) is 6.28. The van der Waals surface area contributed by atoms with Gasteiger partial charge in [0, 0.05) is 19.4 Å². The van der Waals surface area contributed by atoms with E-state index in [9.17, 15) is 25.2 Å². The molecule has 2 nitrogen and oxygen atoms in total. The van der Waals surface area contributed by atoms with Crippen LogP contribution < -0.4 is 0 Å². The first-order valence-electron chi connectivity index (χ1n) is 3.61. The molecule has 9 heteroatoms. The quantitative estimate of drug-likeness (QED) is 0.509. The Balaban J connectivity index is 0. The van der Waals surface area contributed by atoms with E-state index in [-0.39, 0.29) is 1.43 Å². The van der Waals surface area contributed by atoms with Gasteiger partial charge in [-0.1, -0.05) is 6.58 Å². The third-order valence-corrected chi connectivity index (χ3v) is 1.13. The molecule has 0 unspecified atom stereocenters. The molecule has 0 saturated carbocycles. The second kappa shape index (κ2) is 3.30. The molecule has 0 aromatic heterocycles. The van der Waals surface area contributed by atoms with E-state index < -0.39 is 7.81 Å². The molecule has 0 aromatic rings. The Hall–Kier alpha value is -0.910. The minimum Gasteiger partial charge on any atom is 1.00 e. The van der Waals surface area contributed by atoms with Crippen molar-refractivity contribution >= 4 is 7.81 Å². The fraction of sp³-hybridized carbons (Fsp3) is 0.333. The molecule has 0 atom stereocenters. The smallest absolute Gasteiger partial charge is 1.00 e. The molecule has 92 valence electrons. The molecule has 0 amide bonds. The molecule has 0 fully saturated rings. The van der Waals surface area contributed by atoms with E-state index in [0.717, 1.165) is 6.67 Å². The summed E-state index contributed by atoms with van der Waals surface area (Å²) in [5.74, 6) is 0. The van der Waals surface area contributed by atoms with Crippen LogP contribution in [0.1, 0.15) is 1.43 Å². The van der Waals surface area contributed by atoms with Crippen molar-refractivity contribution in [2.45, 2.75) is 0 Å². The van der Waals surface area contributed by atoms with Gasteiger partial charge < -0.3 is 9.80 Å². The number of nitrogens with zero attached hydrogens (tertiary/aromatic N) is 2. The van der Waals surface area contributed by atoms with Crippen LogP contribution in [0.15, 0.2) is 25.2 Å². The molecule has 0 saturated heterocycles. The van der Waals surface area contributed by atoms with Gasteiger partial charge >= 0.3 is 34.4 Å². The van der Waals surface area contributed by atoms with E-state index >= 15 is 0 Å². The molecule has 1 heterocycles. The summed E-state index contributed by atoms with van der Waals surface area (Å²) >= 11 is 0. The van der Waals surface area contributed by atoms with Crippen LogP contribution in [-0.4, -0.2) is 23.5 Å². The Morgan fingerprint density at radius 1 is 1.20 bits per heavy atom. The molecule has 0 aliphatic carbocycles. The number of halogens is 6. The maximum atomic E-state index is 9.87. The average molecular weight is 256 g/mol. The van der Waals surface area contributed by atoms with E-state index in [1.807, 2.05) is 24.3 Å². The Morgan fingerprint density at radius 3 is 1.73 bits per heavy atom. The summed E-state index contributed by atoms with van der Waals surface area (Å²) in [5.41, 5.74) is 0. The number of rotatable bonds is 1. The second-order valence-corrected chi connectivity index (χ2v) is 4.77. The summed E-state index contributed by atoms with van der Waals surface area (Å²) in [6, 6.07) is 0. The Morgan fingerprint density at radius 2 is 1.60 bits per heavy atom. The van der Waals surface area contributed by atoms with Crippen LogP contribution in [0.5, 0.6) is 0 Å². The second-order valence-electron chi connectivity index (χ2n) is 2.85. The van der Waals surface area contributed by atoms with Gasteiger partial charge in [-0.15, -0.1) is 0 Å². The molecular formula is C6H11F6N2P. The van der Waals surface area contributed by atoms with E-state index in [1.165, 1.54) is 0 Å². The van der Waals surface area contributed by atoms with Gasteiger partial charge in [-0.25, -0.2) is 0 Å². The van der Waals surface area contributed by atoms with Crippen LogP contribution in [0.4, 0.5) is 25.2 Å². The van der Waals surface area contributed by atoms with E-state index in [1.54, 1.807) is 6.20 Å². The van der Waals surface area contributed by atoms with Crippen LogP contribution in [0, 0.1) is 0 Å². The van der Waals surface area contributed by atoms with Crippen molar-refractivity contribution < 1.29 is 26.6 Å². The summed E-state index contributed by atoms with van der Waals surface area (Å²) in [6.07, 6.45) is 5.81. The molecule has 0 N–H and O–H groups in total. The minimum absolute atomic E-state index is 0. The van der Waals surface area contributed by atoms with Gasteiger partial charge in [-0.3, -0.25) is 0 Å². The zero-order valence-electron chi connectivity index (χ0n) is 8.76. The van der Waals surface area contributed by atoms with Crippen LogP contribution in [-0.2, 0) is 0 Å². The van der Waals surface area contributed by atoms with Crippen LogP contribution in [0.25, 0.3) is 0 Å². The van der Waals surface area contributed by atoms with Gasteiger partial charge in [0.05, 0.1) is 6.67 Å². The third kappa shape index (κ3) is 15.8. The zero-order chi connectivity index (χ0) is 12.4. The van der Waals surface area contributed by atoms with Crippen molar-refractivity contribution in [3.8, 4) is 0 Å². The summed E-state index contributed by atoms with van der Waals surface area (Å²) in [6.45, 7) is 4.56. The van der Waals surface area contributed by atoms with E-state index in [2.05, 4.69) is 11.5 Å². The van der Waals surface area contributed by atoms with Crippen molar-refractivity contribution in [3.05, 3.63) is 25.2 Å². The Bertz CT molecular complexity index is 261. The maximum absolute atomic E-state index is 10.7. The molecule has 0 aromatic carbocycles. The molecule has 1 rings (SSSR count). The van der Waals surface area contributed by atoms with E-state index in [4.69, 9.17) is 0 Å². The largest absolute Gasteiger partial charge is 1.00 e. The normalized spacial score (nSPS) is 20.2. The molecule has 1 aliphatic rings. The van der Waals surface area contributed by atoms with Crippen LogP contribution in [0.2, 0.25) is 0 Å². The van der Waals surface area contributed by atoms with Crippen molar-refractivity contribution in [3.63, 3.8) is 0 Å².